The fraction of sp³-hybridized carbons (Fsp3) is 0.381. The van der Waals surface area contributed by atoms with Crippen molar-refractivity contribution in [1.29, 1.82) is 5.26 Å². The number of carbonyl (C=O) groups is 3. The molecule has 0 saturated carbocycles. The normalized spacial score (nSPS) is 17.4. The molecule has 4 nitrogen and oxygen atoms in total. The topological polar surface area (TPSA) is 75.0 Å². The summed E-state index contributed by atoms with van der Waals surface area (Å²) in [5, 5.41) is 8.73. The maximum atomic E-state index is 11.4. The van der Waals surface area contributed by atoms with Gasteiger partial charge in [0.25, 0.3) is 0 Å². The molecule has 0 aromatic heterocycles. The average molecular weight is 2010 g/mol. The Kier molecular flexibility index (Phi) is 48.1. The molecule has 0 amide bonds. The van der Waals surface area contributed by atoms with Crippen molar-refractivity contribution >= 4 is 101 Å². The minimum absolute atomic E-state index is 0. The van der Waals surface area contributed by atoms with E-state index in [4.69, 9.17) is 5.26 Å². The Morgan fingerprint density at radius 2 is 0.552 bits per heavy atom. The maximum absolute atomic E-state index is 11.4. The molecule has 0 heterocycles. The van der Waals surface area contributed by atoms with Gasteiger partial charge in [0, 0.05) is 16.1 Å². The van der Waals surface area contributed by atoms with E-state index in [9.17, 15) is 14.4 Å². The molecule has 7 aromatic carbocycles. The molecule has 6 heteroatoms. The average Bonchev–Trinajstić information content (AvgIpc) is 0.780. The molecule has 0 fully saturated rings. The first kappa shape index (κ1) is 125. The molecule has 145 heavy (non-hydrogen) atoms. The molecule has 0 aliphatic heterocycles. The van der Waals surface area contributed by atoms with E-state index in [0.29, 0.717) is 0 Å². The second-order valence-electron chi connectivity index (χ2n) is 45.5. The van der Waals surface area contributed by atoms with E-state index in [2.05, 4.69) is 467 Å². The Balaban J connectivity index is 0.000000349. The van der Waals surface area contributed by atoms with Gasteiger partial charge < -0.3 is 1.43 Å². The molecular weight excluding hydrogens is 1830 g/mol. The number of fused-ring (bicyclic) bond motifs is 7. The molecule has 0 radical (unpaired) electrons. The number of carbonyl (C=O) groups excluding carboxylic acids is 3. The first-order valence-corrected chi connectivity index (χ1v) is 52.9. The fourth-order valence-electron chi connectivity index (χ4n) is 18.5. The smallest absolute Gasteiger partial charge is 1.00 e. The van der Waals surface area contributed by atoms with Crippen LogP contribution >= 0.6 is 15.9 Å². The standard InChI is InChI=1S/3C22H28.C17H19N.C17H20O.C15H18O.C13H15Br.C7H12O.C4H8.Na.H/c3*1-7-16(2)9-8-10-17(3)19-11-12-21-20(15-19)18(4)13-14-22(21,5)6;2*1-12(8-10-18)14-5-6-16-15(11-14)13(2)7-9-17(16,3)4;1-10-7-8-15(3,4)14-6-5-12(11(2)16)9-13(10)14;1-9-6-7-13(2,3)12-5-4-10(14)8-11(9)12;1-4-6(2)5-7(3)8;1-4(2)3;;/h3*7-13,15H,14H2,1-6H3;5-8,11H,9H2,1-4H3;5-8,10-11H,9H2,1-4H3;5-7,9H,8H2,1-4H3;4-6,8H,7H2,1-3H3;5H,4H2,1-3H3;1H2,2-3H3;;/q;;;;;;;;;+1;-1/b3*9-8+,16-7+,17-10+;2*12-8+;;;6-5+;;;. The minimum atomic E-state index is 0. The summed E-state index contributed by atoms with van der Waals surface area (Å²) in [6.45, 7) is 85.3. The SMILES string of the molecule is C/C=C(C)/C=C/C=C(\C)c1ccc2c(c1)C(C)=CCC2(C)C.C/C=C(C)/C=C/C=C(\C)c1ccc2c(c1)C(C)=CCC2(C)C.C/C=C(C)/C=C/C=C(\C)c1ccc2c(c1)C(C)=CCC2(C)C.C=C(C)C.CC(=O)c1ccc2c(c1)C(C)=CCC2(C)C.CC/C(C)=C/C(C)=O.CC1=CCC(C)(C)c2ccc(/C(C)=C/C#N)cc21.CC1=CCC(C)(C)c2ccc(/C(C)=C/C=O)cc21.CC1=CCC(C)(C)c2ccc(Br)cc21.[H-].[Na+]. The quantitative estimate of drug-likeness (QED) is 0.0195. The van der Waals surface area contributed by atoms with Crippen molar-refractivity contribution in [2.24, 2.45) is 0 Å². The van der Waals surface area contributed by atoms with E-state index in [1.54, 1.807) is 32.1 Å². The third-order valence-corrected chi connectivity index (χ3v) is 29.9. The molecule has 7 aromatic rings. The molecule has 0 unspecified atom stereocenters. The van der Waals surface area contributed by atoms with Gasteiger partial charge in [0.2, 0.25) is 0 Å². The van der Waals surface area contributed by atoms with Gasteiger partial charge in [-0.1, -0.05) is 342 Å². The molecule has 0 N–H and O–H groups in total. The Morgan fingerprint density at radius 3 is 0.752 bits per heavy atom. The van der Waals surface area contributed by atoms with Gasteiger partial charge in [-0.25, -0.2) is 0 Å². The van der Waals surface area contributed by atoms with Gasteiger partial charge in [-0.05, 0) is 482 Å². The van der Waals surface area contributed by atoms with Crippen LogP contribution < -0.4 is 29.6 Å². The molecule has 14 rings (SSSR count). The van der Waals surface area contributed by atoms with E-state index in [1.807, 2.05) is 53.7 Å². The number of ketones is 2. The Morgan fingerprint density at radius 1 is 0.345 bits per heavy atom. The molecule has 0 spiro atoms. The van der Waals surface area contributed by atoms with Crippen LogP contribution in [0, 0.1) is 11.3 Å². The van der Waals surface area contributed by atoms with Crippen LogP contribution in [0.2, 0.25) is 0 Å². The predicted molar refractivity (Wildman–Crippen MR) is 644 cm³/mol. The van der Waals surface area contributed by atoms with Crippen molar-refractivity contribution in [3.05, 3.63) is 411 Å². The first-order valence-electron chi connectivity index (χ1n) is 52.1. The van der Waals surface area contributed by atoms with Gasteiger partial charge in [0.15, 0.2) is 11.6 Å². The summed E-state index contributed by atoms with van der Waals surface area (Å²) >= 11 is 3.53. The summed E-state index contributed by atoms with van der Waals surface area (Å²) in [7, 11) is 0. The number of hydrogen-bond donors (Lipinski definition) is 0. The predicted octanol–water partition coefficient (Wildman–Crippen LogP) is 38.3. The van der Waals surface area contributed by atoms with Gasteiger partial charge in [-0.15, -0.1) is 6.58 Å². The summed E-state index contributed by atoms with van der Waals surface area (Å²) in [5.41, 5.74) is 50.0. The zero-order valence-corrected chi connectivity index (χ0v) is 100. The minimum Gasteiger partial charge on any atom is -1.00 e. The summed E-state index contributed by atoms with van der Waals surface area (Å²) in [6.07, 6.45) is 56.7. The molecule has 0 saturated heterocycles. The number of hydrogen-bond acceptors (Lipinski definition) is 4. The number of nitrogens with zero attached hydrogens (tertiary/aromatic N) is 1. The summed E-state index contributed by atoms with van der Waals surface area (Å²) in [6, 6.07) is 48.7. The van der Waals surface area contributed by atoms with Crippen LogP contribution in [-0.2, 0) is 47.5 Å². The number of Topliss-reactive ketones (excluding diaryl/α,β-unsaturated/α-hetero) is 1. The van der Waals surface area contributed by atoms with Crippen molar-refractivity contribution in [2.75, 3.05) is 0 Å². The van der Waals surface area contributed by atoms with Crippen molar-refractivity contribution in [3.63, 3.8) is 0 Å². The molecule has 0 atom stereocenters. The first-order chi connectivity index (χ1) is 67.3. The number of nitriles is 1. The van der Waals surface area contributed by atoms with Gasteiger partial charge in [0.1, 0.15) is 6.29 Å². The van der Waals surface area contributed by atoms with Crippen LogP contribution in [0.25, 0.3) is 66.9 Å². The van der Waals surface area contributed by atoms with Gasteiger partial charge in [0.05, 0.1) is 6.07 Å². The summed E-state index contributed by atoms with van der Waals surface area (Å²) < 4.78 is 1.17. The van der Waals surface area contributed by atoms with Gasteiger partial charge in [-0.3, -0.25) is 14.4 Å². The Bertz CT molecular complexity index is 6260. The monoisotopic (exact) mass is 2010 g/mol. The molecule has 0 bridgehead atoms. The van der Waals surface area contributed by atoms with E-state index in [1.165, 1.54) is 177 Å². The Labute approximate surface area is 913 Å². The number of benzene rings is 7. The van der Waals surface area contributed by atoms with E-state index >= 15 is 0 Å². The largest absolute Gasteiger partial charge is 1.00 e. The molecule has 764 valence electrons. The number of aldehydes is 1. The van der Waals surface area contributed by atoms with Crippen LogP contribution in [0.3, 0.4) is 0 Å². The van der Waals surface area contributed by atoms with Crippen LogP contribution in [0.15, 0.2) is 300 Å². The summed E-state index contributed by atoms with van der Waals surface area (Å²) in [4.78, 5) is 32.3. The zero-order valence-electron chi connectivity index (χ0n) is 97.8. The van der Waals surface area contributed by atoms with Crippen molar-refractivity contribution < 1.29 is 45.4 Å². The van der Waals surface area contributed by atoms with Gasteiger partial charge >= 0.3 is 29.6 Å². The van der Waals surface area contributed by atoms with Crippen molar-refractivity contribution in [1.82, 2.24) is 0 Å². The molecule has 7 aliphatic rings. The van der Waals surface area contributed by atoms with Crippen molar-refractivity contribution in [3.8, 4) is 6.07 Å². The van der Waals surface area contributed by atoms with E-state index < -0.39 is 0 Å². The third-order valence-electron chi connectivity index (χ3n) is 29.4. The van der Waals surface area contributed by atoms with E-state index in [0.717, 1.165) is 91.1 Å². The molecule has 7 aliphatic carbocycles. The number of rotatable bonds is 15. The van der Waals surface area contributed by atoms with Crippen LogP contribution in [-0.4, -0.2) is 17.9 Å². The molecular formula is C139H177BrNNaO3. The summed E-state index contributed by atoms with van der Waals surface area (Å²) in [5.74, 6) is 0.281. The van der Waals surface area contributed by atoms with Crippen LogP contribution in [0.1, 0.15) is 432 Å². The number of allylic oxidation sites excluding steroid dienone is 39. The number of halogens is 1. The van der Waals surface area contributed by atoms with Gasteiger partial charge in [-0.2, -0.15) is 5.26 Å². The van der Waals surface area contributed by atoms with Crippen molar-refractivity contribution in [2.45, 2.75) is 352 Å². The maximum Gasteiger partial charge on any atom is 1.00 e. The second kappa shape index (κ2) is 55.9. The van der Waals surface area contributed by atoms with E-state index in [-0.39, 0.29) is 80.5 Å². The fourth-order valence-corrected chi connectivity index (χ4v) is 18.8. The van der Waals surface area contributed by atoms with Crippen LogP contribution in [0.4, 0.5) is 0 Å². The third kappa shape index (κ3) is 36.1. The van der Waals surface area contributed by atoms with Crippen LogP contribution in [0.5, 0.6) is 0 Å². The Hall–Kier alpha value is -10.7. The zero-order chi connectivity index (χ0) is 108. The second-order valence-corrected chi connectivity index (χ2v) is 46.4.